The van der Waals surface area contributed by atoms with Crippen LogP contribution in [0.15, 0.2) is 59.5 Å². The number of rotatable bonds is 6. The fraction of sp³-hybridized carbons (Fsp3) is 0.150. The smallest absolute Gasteiger partial charge is 0.293 e. The SMILES string of the molecule is COc1cccc(C(=O)NCCN2C(=O)S/C(=C/c3ccccc3)C2=O)c1. The van der Waals surface area contributed by atoms with Gasteiger partial charge in [-0.1, -0.05) is 36.4 Å². The van der Waals surface area contributed by atoms with Crippen LogP contribution in [0.5, 0.6) is 5.75 Å². The summed E-state index contributed by atoms with van der Waals surface area (Å²) in [5.74, 6) is -0.0511. The fourth-order valence-corrected chi connectivity index (χ4v) is 3.41. The van der Waals surface area contributed by atoms with Crippen LogP contribution < -0.4 is 10.1 Å². The van der Waals surface area contributed by atoms with Gasteiger partial charge in [0.05, 0.1) is 12.0 Å². The number of benzene rings is 2. The van der Waals surface area contributed by atoms with Gasteiger partial charge in [0.2, 0.25) is 0 Å². The number of carbonyl (C=O) groups is 3. The second-order valence-corrected chi connectivity index (χ2v) is 6.73. The molecular weight excluding hydrogens is 364 g/mol. The molecule has 0 saturated carbocycles. The Morgan fingerprint density at radius 1 is 1.15 bits per heavy atom. The second-order valence-electron chi connectivity index (χ2n) is 5.73. The number of ether oxygens (including phenoxy) is 1. The van der Waals surface area contributed by atoms with E-state index in [0.29, 0.717) is 16.2 Å². The Kier molecular flexibility index (Phi) is 5.93. The second kappa shape index (κ2) is 8.55. The number of nitrogens with one attached hydrogen (secondary N) is 1. The van der Waals surface area contributed by atoms with Crippen LogP contribution in [0.3, 0.4) is 0 Å². The summed E-state index contributed by atoms with van der Waals surface area (Å²) in [7, 11) is 1.53. The predicted molar refractivity (Wildman–Crippen MR) is 104 cm³/mol. The lowest BCUT2D eigenvalue weighted by Gasteiger charge is -2.13. The summed E-state index contributed by atoms with van der Waals surface area (Å²) in [6.07, 6.45) is 1.69. The lowest BCUT2D eigenvalue weighted by molar-refractivity contribution is -0.122. The van der Waals surface area contributed by atoms with E-state index in [4.69, 9.17) is 4.74 Å². The number of amides is 3. The van der Waals surface area contributed by atoms with Gasteiger partial charge in [-0.3, -0.25) is 19.3 Å². The summed E-state index contributed by atoms with van der Waals surface area (Å²) in [4.78, 5) is 38.3. The van der Waals surface area contributed by atoms with Gasteiger partial charge in [0, 0.05) is 18.7 Å². The summed E-state index contributed by atoms with van der Waals surface area (Å²) < 4.78 is 5.09. The number of methoxy groups -OCH3 is 1. The van der Waals surface area contributed by atoms with Gasteiger partial charge < -0.3 is 10.1 Å². The first-order valence-electron chi connectivity index (χ1n) is 8.31. The molecule has 7 heteroatoms. The molecule has 3 amide bonds. The highest BCUT2D eigenvalue weighted by atomic mass is 32.2. The van der Waals surface area contributed by atoms with E-state index in [9.17, 15) is 14.4 Å². The summed E-state index contributed by atoms with van der Waals surface area (Å²) in [5, 5.41) is 2.38. The van der Waals surface area contributed by atoms with Crippen LogP contribution in [0, 0.1) is 0 Å². The van der Waals surface area contributed by atoms with E-state index < -0.39 is 0 Å². The van der Waals surface area contributed by atoms with Crippen molar-refractivity contribution in [2.75, 3.05) is 20.2 Å². The van der Waals surface area contributed by atoms with Gasteiger partial charge in [0.1, 0.15) is 5.75 Å². The highest BCUT2D eigenvalue weighted by molar-refractivity contribution is 8.18. The zero-order chi connectivity index (χ0) is 19.2. The van der Waals surface area contributed by atoms with E-state index in [0.717, 1.165) is 22.2 Å². The van der Waals surface area contributed by atoms with Gasteiger partial charge in [-0.2, -0.15) is 0 Å². The van der Waals surface area contributed by atoms with E-state index in [-0.39, 0.29) is 30.1 Å². The molecule has 1 saturated heterocycles. The topological polar surface area (TPSA) is 75.7 Å². The Hall–Kier alpha value is -3.06. The number of thioether (sulfide) groups is 1. The largest absolute Gasteiger partial charge is 0.497 e. The van der Waals surface area contributed by atoms with Crippen LogP contribution in [0.2, 0.25) is 0 Å². The van der Waals surface area contributed by atoms with Crippen molar-refractivity contribution in [1.82, 2.24) is 10.2 Å². The first kappa shape index (κ1) is 18.7. The highest BCUT2D eigenvalue weighted by Crippen LogP contribution is 2.31. The number of carbonyl (C=O) groups excluding carboxylic acids is 3. The first-order valence-corrected chi connectivity index (χ1v) is 9.13. The number of nitrogens with zero attached hydrogens (tertiary/aromatic N) is 1. The molecule has 0 unspecified atom stereocenters. The van der Waals surface area contributed by atoms with Crippen molar-refractivity contribution in [2.45, 2.75) is 0 Å². The summed E-state index contributed by atoms with van der Waals surface area (Å²) in [6, 6.07) is 16.1. The zero-order valence-electron chi connectivity index (χ0n) is 14.7. The van der Waals surface area contributed by atoms with Gasteiger partial charge in [-0.15, -0.1) is 0 Å². The number of hydrogen-bond acceptors (Lipinski definition) is 5. The summed E-state index contributed by atoms with van der Waals surface area (Å²) in [5.41, 5.74) is 1.31. The van der Waals surface area contributed by atoms with Crippen LogP contribution in [-0.2, 0) is 4.79 Å². The van der Waals surface area contributed by atoms with Crippen LogP contribution in [0.1, 0.15) is 15.9 Å². The molecular formula is C20H18N2O4S. The minimum absolute atomic E-state index is 0.118. The third kappa shape index (κ3) is 4.57. The van der Waals surface area contributed by atoms with Gasteiger partial charge in [-0.05, 0) is 41.6 Å². The van der Waals surface area contributed by atoms with E-state index in [1.165, 1.54) is 7.11 Å². The molecule has 1 N–H and O–H groups in total. The predicted octanol–water partition coefficient (Wildman–Crippen LogP) is 3.16. The lowest BCUT2D eigenvalue weighted by Crippen LogP contribution is -2.37. The Morgan fingerprint density at radius 2 is 1.93 bits per heavy atom. The number of hydrogen-bond donors (Lipinski definition) is 1. The van der Waals surface area contributed by atoms with Crippen molar-refractivity contribution in [3.8, 4) is 5.75 Å². The van der Waals surface area contributed by atoms with Crippen molar-refractivity contribution in [3.63, 3.8) is 0 Å². The van der Waals surface area contributed by atoms with Crippen molar-refractivity contribution in [2.24, 2.45) is 0 Å². The summed E-state index contributed by atoms with van der Waals surface area (Å²) >= 11 is 0.906. The average Bonchev–Trinajstić information content (AvgIpc) is 2.96. The third-order valence-corrected chi connectivity index (χ3v) is 4.83. The van der Waals surface area contributed by atoms with E-state index in [1.54, 1.807) is 30.3 Å². The Labute approximate surface area is 161 Å². The monoisotopic (exact) mass is 382 g/mol. The van der Waals surface area contributed by atoms with Crippen molar-refractivity contribution < 1.29 is 19.1 Å². The molecule has 0 aromatic heterocycles. The Bertz CT molecular complexity index is 896. The maximum absolute atomic E-state index is 12.4. The Morgan fingerprint density at radius 3 is 2.67 bits per heavy atom. The molecule has 1 aliphatic rings. The third-order valence-electron chi connectivity index (χ3n) is 3.92. The van der Waals surface area contributed by atoms with E-state index >= 15 is 0 Å². The summed E-state index contributed by atoms with van der Waals surface area (Å²) in [6.45, 7) is 0.291. The molecule has 2 aromatic carbocycles. The lowest BCUT2D eigenvalue weighted by atomic mass is 10.2. The molecule has 0 aliphatic carbocycles. The van der Waals surface area contributed by atoms with Gasteiger partial charge in [-0.25, -0.2) is 0 Å². The molecule has 0 atom stereocenters. The van der Waals surface area contributed by atoms with Crippen LogP contribution >= 0.6 is 11.8 Å². The molecule has 3 rings (SSSR count). The fourth-order valence-electron chi connectivity index (χ4n) is 2.54. The maximum atomic E-state index is 12.4. The molecule has 6 nitrogen and oxygen atoms in total. The van der Waals surface area contributed by atoms with E-state index in [1.807, 2.05) is 30.3 Å². The van der Waals surface area contributed by atoms with Crippen molar-refractivity contribution >= 4 is 34.9 Å². The van der Waals surface area contributed by atoms with E-state index in [2.05, 4.69) is 5.32 Å². The molecule has 138 valence electrons. The molecule has 0 bridgehead atoms. The highest BCUT2D eigenvalue weighted by Gasteiger charge is 2.34. The quantitative estimate of drug-likeness (QED) is 0.777. The molecule has 0 radical (unpaired) electrons. The van der Waals surface area contributed by atoms with Crippen LogP contribution in [-0.4, -0.2) is 42.2 Å². The van der Waals surface area contributed by atoms with Gasteiger partial charge in [0.25, 0.3) is 17.1 Å². The van der Waals surface area contributed by atoms with Crippen molar-refractivity contribution in [1.29, 1.82) is 0 Å². The Balaban J connectivity index is 1.58. The standard InChI is InChI=1S/C20H18N2O4S/c1-26-16-9-5-8-15(13-16)18(23)21-10-11-22-19(24)17(27-20(22)25)12-14-6-3-2-4-7-14/h2-9,12-13H,10-11H2,1H3,(H,21,23)/b17-12+. The number of imide groups is 1. The van der Waals surface area contributed by atoms with Gasteiger partial charge >= 0.3 is 0 Å². The average molecular weight is 382 g/mol. The molecule has 0 spiro atoms. The molecule has 1 aliphatic heterocycles. The maximum Gasteiger partial charge on any atom is 0.293 e. The minimum atomic E-state index is -0.343. The normalized spacial score (nSPS) is 15.3. The first-order chi connectivity index (χ1) is 13.1. The van der Waals surface area contributed by atoms with Gasteiger partial charge in [0.15, 0.2) is 0 Å². The van der Waals surface area contributed by atoms with Crippen LogP contribution in [0.25, 0.3) is 6.08 Å². The molecule has 1 fully saturated rings. The molecule has 27 heavy (non-hydrogen) atoms. The minimum Gasteiger partial charge on any atom is -0.497 e. The molecule has 2 aromatic rings. The molecule has 1 heterocycles. The zero-order valence-corrected chi connectivity index (χ0v) is 15.5. The van der Waals surface area contributed by atoms with Crippen LogP contribution in [0.4, 0.5) is 4.79 Å². The van der Waals surface area contributed by atoms with Crippen molar-refractivity contribution in [3.05, 3.63) is 70.6 Å².